The number of rotatable bonds is 8. The van der Waals surface area contributed by atoms with Gasteiger partial charge in [0.25, 0.3) is 0 Å². The van der Waals surface area contributed by atoms with Gasteiger partial charge in [-0.1, -0.05) is 152 Å². The first kappa shape index (κ1) is 34.7. The first-order valence-corrected chi connectivity index (χ1v) is 18.6. The van der Waals surface area contributed by atoms with E-state index in [1.165, 1.54) is 33.0 Å². The van der Waals surface area contributed by atoms with Crippen molar-refractivity contribution < 1.29 is 0 Å². The van der Waals surface area contributed by atoms with Crippen LogP contribution in [0.4, 0.5) is 39.8 Å². The third-order valence-electron chi connectivity index (χ3n) is 9.64. The Labute approximate surface area is 323 Å². The number of para-hydroxylation sites is 3. The molecule has 0 amide bonds. The van der Waals surface area contributed by atoms with Crippen molar-refractivity contribution in [3.63, 3.8) is 0 Å². The molecule has 0 atom stereocenters. The van der Waals surface area contributed by atoms with E-state index in [2.05, 4.69) is 216 Å². The molecule has 0 aliphatic carbocycles. The van der Waals surface area contributed by atoms with Gasteiger partial charge in [0.2, 0.25) is 0 Å². The van der Waals surface area contributed by atoms with Crippen LogP contribution in [0.5, 0.6) is 0 Å². The quantitative estimate of drug-likeness (QED) is 0.160. The van der Waals surface area contributed by atoms with Crippen molar-refractivity contribution >= 4 is 50.6 Å². The average Bonchev–Trinajstić information content (AvgIpc) is 3.26. The molecule has 0 aliphatic rings. The van der Waals surface area contributed by atoms with Gasteiger partial charge in [-0.05, 0) is 118 Å². The summed E-state index contributed by atoms with van der Waals surface area (Å²) in [4.78, 5) is 4.63. The van der Waals surface area contributed by atoms with E-state index in [4.69, 9.17) is 5.73 Å². The normalized spacial score (nSPS) is 10.6. The minimum absolute atomic E-state index is 0.822. The molecular formula is C52H41N3. The molecule has 264 valence electrons. The molecule has 0 spiro atoms. The van der Waals surface area contributed by atoms with Gasteiger partial charge in [-0.15, -0.1) is 0 Å². The molecule has 0 unspecified atom stereocenters. The highest BCUT2D eigenvalue weighted by molar-refractivity contribution is 5.89. The fourth-order valence-electron chi connectivity index (χ4n) is 6.86. The lowest BCUT2D eigenvalue weighted by Crippen LogP contribution is -2.10. The molecule has 0 radical (unpaired) electrons. The highest BCUT2D eigenvalue weighted by Gasteiger charge is 2.15. The van der Waals surface area contributed by atoms with E-state index < -0.39 is 0 Å². The number of anilines is 7. The number of nitrogens with zero attached hydrogens (tertiary/aromatic N) is 2. The van der Waals surface area contributed by atoms with Crippen LogP contribution < -0.4 is 15.5 Å². The van der Waals surface area contributed by atoms with E-state index >= 15 is 0 Å². The Kier molecular flexibility index (Phi) is 10.4. The minimum atomic E-state index is 0.822. The zero-order valence-corrected chi connectivity index (χ0v) is 30.5. The monoisotopic (exact) mass is 707 g/mol. The number of hydrogen-bond acceptors (Lipinski definition) is 3. The van der Waals surface area contributed by atoms with E-state index in [1.54, 1.807) is 0 Å². The molecule has 3 nitrogen and oxygen atoms in total. The zero-order chi connectivity index (χ0) is 37.2. The summed E-state index contributed by atoms with van der Waals surface area (Å²) in [5.41, 5.74) is 17.7. The van der Waals surface area contributed by atoms with Crippen LogP contribution in [-0.4, -0.2) is 0 Å². The van der Waals surface area contributed by atoms with Gasteiger partial charge in [0, 0.05) is 39.8 Å². The molecule has 9 aromatic rings. The summed E-state index contributed by atoms with van der Waals surface area (Å²) in [5, 5.41) is 2.47. The second kappa shape index (κ2) is 16.5. The van der Waals surface area contributed by atoms with Crippen LogP contribution in [-0.2, 0) is 0 Å². The topological polar surface area (TPSA) is 32.5 Å². The van der Waals surface area contributed by atoms with Crippen LogP contribution in [0.25, 0.3) is 33.0 Å². The first-order valence-electron chi connectivity index (χ1n) is 18.6. The fourth-order valence-corrected chi connectivity index (χ4v) is 6.86. The number of nitrogen functional groups attached to an aromatic ring is 1. The number of nitrogens with two attached hydrogens (primary N) is 1. The Morgan fingerprint density at radius 3 is 0.964 bits per heavy atom. The molecule has 0 fully saturated rings. The fraction of sp³-hybridized carbons (Fsp3) is 0. The van der Waals surface area contributed by atoms with E-state index in [1.807, 2.05) is 30.3 Å². The largest absolute Gasteiger partial charge is 0.399 e. The summed E-state index contributed by atoms with van der Waals surface area (Å²) < 4.78 is 0. The van der Waals surface area contributed by atoms with Gasteiger partial charge >= 0.3 is 0 Å². The van der Waals surface area contributed by atoms with Gasteiger partial charge in [-0.25, -0.2) is 0 Å². The van der Waals surface area contributed by atoms with Crippen molar-refractivity contribution in [2.45, 2.75) is 0 Å². The van der Waals surface area contributed by atoms with E-state index in [0.717, 1.165) is 39.8 Å². The lowest BCUT2D eigenvalue weighted by atomic mass is 10.0. The molecule has 0 aromatic heterocycles. The van der Waals surface area contributed by atoms with E-state index in [9.17, 15) is 0 Å². The first-order chi connectivity index (χ1) is 27.2. The lowest BCUT2D eigenvalue weighted by molar-refractivity contribution is 1.28. The van der Waals surface area contributed by atoms with Crippen LogP contribution in [0.3, 0.4) is 0 Å². The number of benzene rings is 9. The lowest BCUT2D eigenvalue weighted by Gasteiger charge is -2.26. The van der Waals surface area contributed by atoms with Gasteiger partial charge in [0.1, 0.15) is 0 Å². The van der Waals surface area contributed by atoms with Gasteiger partial charge in [0.05, 0.1) is 0 Å². The van der Waals surface area contributed by atoms with Crippen LogP contribution in [0.1, 0.15) is 0 Å². The third kappa shape index (κ3) is 8.17. The Bertz CT molecular complexity index is 2550. The molecule has 2 N–H and O–H groups in total. The van der Waals surface area contributed by atoms with Crippen molar-refractivity contribution in [1.82, 2.24) is 0 Å². The number of hydrogen-bond donors (Lipinski definition) is 1. The van der Waals surface area contributed by atoms with E-state index in [0.29, 0.717) is 0 Å². The van der Waals surface area contributed by atoms with Crippen LogP contribution in [0.2, 0.25) is 0 Å². The highest BCUT2D eigenvalue weighted by atomic mass is 15.1. The molecule has 9 rings (SSSR count). The maximum atomic E-state index is 5.36. The predicted molar refractivity (Wildman–Crippen MR) is 235 cm³/mol. The third-order valence-corrected chi connectivity index (χ3v) is 9.64. The van der Waals surface area contributed by atoms with Crippen molar-refractivity contribution in [2.75, 3.05) is 15.5 Å². The van der Waals surface area contributed by atoms with E-state index in [-0.39, 0.29) is 0 Å². The summed E-state index contributed by atoms with van der Waals surface area (Å²) >= 11 is 0. The van der Waals surface area contributed by atoms with Gasteiger partial charge in [-0.3, -0.25) is 0 Å². The van der Waals surface area contributed by atoms with Crippen molar-refractivity contribution in [1.29, 1.82) is 0 Å². The molecule has 0 aliphatic heterocycles. The second-order valence-electron chi connectivity index (χ2n) is 13.3. The highest BCUT2D eigenvalue weighted by Crippen LogP contribution is 2.39. The average molecular weight is 708 g/mol. The maximum absolute atomic E-state index is 5.36. The minimum Gasteiger partial charge on any atom is -0.399 e. The van der Waals surface area contributed by atoms with Crippen LogP contribution >= 0.6 is 0 Å². The Balaban J connectivity index is 0.000000551. The smallest absolute Gasteiger partial charge is 0.0468 e. The Morgan fingerprint density at radius 1 is 0.236 bits per heavy atom. The summed E-state index contributed by atoms with van der Waals surface area (Å²) in [6, 6.07) is 82.9. The van der Waals surface area contributed by atoms with Crippen LogP contribution in [0, 0.1) is 0 Å². The summed E-state index contributed by atoms with van der Waals surface area (Å²) in [6.45, 7) is 0. The maximum Gasteiger partial charge on any atom is 0.0468 e. The van der Waals surface area contributed by atoms with Gasteiger partial charge in [-0.2, -0.15) is 0 Å². The molecule has 0 saturated heterocycles. The van der Waals surface area contributed by atoms with Crippen molar-refractivity contribution in [2.24, 2.45) is 0 Å². The second-order valence-corrected chi connectivity index (χ2v) is 13.3. The predicted octanol–water partition coefficient (Wildman–Crippen LogP) is 14.4. The SMILES string of the molecule is Nc1ccccc1.c1ccc(-c2ccc(N(c3ccccc3)c3ccc(-c4ccc(N(c5ccccc5)c5ccc6ccccc6c5)cc4)cc3)cc2)cc1. The standard InChI is InChI=1S/C46H34N2.C6H7N/c1-4-12-35(13-5-1)37-20-27-43(28-21-37)47(41-16-6-2-7-17-41)44-29-22-38(23-30-44)39-24-31-45(32-25-39)48(42-18-8-3-9-19-42)46-33-26-36-14-10-11-15-40(36)34-46;7-6-4-2-1-3-5-6/h1-34H;1-5H,7H2. The number of fused-ring (bicyclic) bond motifs is 1. The Hall–Kier alpha value is -7.36. The summed E-state index contributed by atoms with van der Waals surface area (Å²) in [6.07, 6.45) is 0. The Morgan fingerprint density at radius 2 is 0.545 bits per heavy atom. The van der Waals surface area contributed by atoms with Crippen molar-refractivity contribution in [3.05, 3.63) is 237 Å². The summed E-state index contributed by atoms with van der Waals surface area (Å²) in [7, 11) is 0. The molecular weight excluding hydrogens is 667 g/mol. The zero-order valence-electron chi connectivity index (χ0n) is 30.5. The molecule has 55 heavy (non-hydrogen) atoms. The molecule has 0 bridgehead atoms. The van der Waals surface area contributed by atoms with Crippen molar-refractivity contribution in [3.8, 4) is 22.3 Å². The molecule has 0 saturated carbocycles. The van der Waals surface area contributed by atoms with Gasteiger partial charge in [0.15, 0.2) is 0 Å². The molecule has 9 aromatic carbocycles. The van der Waals surface area contributed by atoms with Gasteiger partial charge < -0.3 is 15.5 Å². The summed E-state index contributed by atoms with van der Waals surface area (Å²) in [5.74, 6) is 0. The molecule has 0 heterocycles. The van der Waals surface area contributed by atoms with Crippen LogP contribution in [0.15, 0.2) is 237 Å². The molecule has 3 heteroatoms.